The quantitative estimate of drug-likeness (QED) is 0.788. The van der Waals surface area contributed by atoms with E-state index in [0.717, 1.165) is 4.68 Å². The first-order valence-corrected chi connectivity index (χ1v) is 7.64. The van der Waals surface area contributed by atoms with Gasteiger partial charge in [-0.3, -0.25) is 14.2 Å². The van der Waals surface area contributed by atoms with Crippen molar-refractivity contribution in [3.8, 4) is 0 Å². The van der Waals surface area contributed by atoms with Gasteiger partial charge < -0.3 is 10.1 Å². The molecular weight excluding hydrogens is 379 g/mol. The van der Waals surface area contributed by atoms with Crippen LogP contribution in [-0.4, -0.2) is 38.5 Å². The van der Waals surface area contributed by atoms with Crippen LogP contribution < -0.4 is 5.32 Å². The Labute approximate surface area is 150 Å². The molecule has 0 saturated heterocycles. The van der Waals surface area contributed by atoms with Crippen LogP contribution in [0.3, 0.4) is 0 Å². The van der Waals surface area contributed by atoms with Gasteiger partial charge in [-0.2, -0.15) is 23.4 Å². The van der Waals surface area contributed by atoms with E-state index in [1.807, 2.05) is 0 Å². The fourth-order valence-corrected chi connectivity index (χ4v) is 2.41. The van der Waals surface area contributed by atoms with Gasteiger partial charge in [-0.25, -0.2) is 4.79 Å². The number of carbonyl (C=O) groups excluding carboxylic acids is 2. The molecule has 0 aliphatic carbocycles. The molecule has 0 aromatic carbocycles. The van der Waals surface area contributed by atoms with Crippen LogP contribution in [0.1, 0.15) is 28.3 Å². The molecule has 0 bridgehead atoms. The Kier molecular flexibility index (Phi) is 5.59. The van der Waals surface area contributed by atoms with E-state index in [1.54, 1.807) is 7.05 Å². The van der Waals surface area contributed by atoms with Crippen molar-refractivity contribution in [1.29, 1.82) is 0 Å². The number of hydrogen-bond acceptors (Lipinski definition) is 5. The van der Waals surface area contributed by atoms with Crippen molar-refractivity contribution < 1.29 is 27.5 Å². The van der Waals surface area contributed by atoms with E-state index >= 15 is 0 Å². The number of ether oxygens (including phenoxy) is 1. The molecule has 0 radical (unpaired) electrons. The summed E-state index contributed by atoms with van der Waals surface area (Å²) in [4.78, 5) is 23.7. The highest BCUT2D eigenvalue weighted by Crippen LogP contribution is 2.35. The van der Waals surface area contributed by atoms with Crippen molar-refractivity contribution in [2.75, 3.05) is 12.4 Å². The van der Waals surface area contributed by atoms with Crippen LogP contribution in [-0.2, 0) is 29.3 Å². The third kappa shape index (κ3) is 4.15. The van der Waals surface area contributed by atoms with Crippen molar-refractivity contribution in [1.82, 2.24) is 19.6 Å². The molecular formula is C14H15ClF3N5O3. The summed E-state index contributed by atoms with van der Waals surface area (Å²) in [6, 6.07) is 0. The Bertz CT molecular complexity index is 844. The van der Waals surface area contributed by atoms with Crippen LogP contribution in [0.2, 0.25) is 5.02 Å². The molecule has 0 saturated carbocycles. The fourth-order valence-electron chi connectivity index (χ4n) is 2.17. The number of nitrogens with zero attached hydrogens (tertiary/aromatic N) is 4. The molecule has 2 heterocycles. The zero-order chi connectivity index (χ0) is 19.6. The SMILES string of the molecule is COC(=O)c1nn(C)cc1NC(=O)CCn1nc(C(F)(F)F)c(Cl)c1C. The molecule has 142 valence electrons. The number of methoxy groups -OCH3 is 1. The second-order valence-corrected chi connectivity index (χ2v) is 5.70. The van der Waals surface area contributed by atoms with Gasteiger partial charge in [-0.15, -0.1) is 0 Å². The topological polar surface area (TPSA) is 91.0 Å². The Morgan fingerprint density at radius 1 is 1.35 bits per heavy atom. The van der Waals surface area contributed by atoms with Gasteiger partial charge in [0.1, 0.15) is 0 Å². The van der Waals surface area contributed by atoms with Crippen molar-refractivity contribution in [2.45, 2.75) is 26.1 Å². The van der Waals surface area contributed by atoms with E-state index in [0.29, 0.717) is 0 Å². The van der Waals surface area contributed by atoms with Crippen LogP contribution in [0.25, 0.3) is 0 Å². The predicted molar refractivity (Wildman–Crippen MR) is 84.8 cm³/mol. The molecule has 0 spiro atoms. The van der Waals surface area contributed by atoms with Gasteiger partial charge in [0, 0.05) is 19.7 Å². The summed E-state index contributed by atoms with van der Waals surface area (Å²) in [7, 11) is 2.72. The molecule has 0 aliphatic rings. The first-order chi connectivity index (χ1) is 12.0. The minimum absolute atomic E-state index is 0.0824. The lowest BCUT2D eigenvalue weighted by Gasteiger charge is -2.06. The van der Waals surface area contributed by atoms with Gasteiger partial charge in [-0.1, -0.05) is 11.6 Å². The van der Waals surface area contributed by atoms with Crippen molar-refractivity contribution >= 4 is 29.2 Å². The highest BCUT2D eigenvalue weighted by molar-refractivity contribution is 6.31. The van der Waals surface area contributed by atoms with E-state index < -0.39 is 28.8 Å². The molecule has 0 fully saturated rings. The summed E-state index contributed by atoms with van der Waals surface area (Å²) in [5.74, 6) is -1.27. The molecule has 0 unspecified atom stereocenters. The van der Waals surface area contributed by atoms with E-state index in [-0.39, 0.29) is 30.0 Å². The first kappa shape index (κ1) is 19.8. The number of hydrogen-bond donors (Lipinski definition) is 1. The molecule has 2 aromatic rings. The number of amides is 1. The average molecular weight is 394 g/mol. The van der Waals surface area contributed by atoms with E-state index in [1.165, 1.54) is 24.9 Å². The van der Waals surface area contributed by atoms with E-state index in [2.05, 4.69) is 20.3 Å². The number of carbonyl (C=O) groups is 2. The number of halogens is 4. The van der Waals surface area contributed by atoms with Crippen LogP contribution in [0.15, 0.2) is 6.20 Å². The summed E-state index contributed by atoms with van der Waals surface area (Å²) in [6.45, 7) is 1.25. The molecule has 1 amide bonds. The molecule has 0 aliphatic heterocycles. The maximum absolute atomic E-state index is 12.8. The van der Waals surface area contributed by atoms with Crippen LogP contribution in [0.4, 0.5) is 18.9 Å². The van der Waals surface area contributed by atoms with Gasteiger partial charge in [0.25, 0.3) is 0 Å². The smallest absolute Gasteiger partial charge is 0.436 e. The van der Waals surface area contributed by atoms with Crippen molar-refractivity contribution in [3.05, 3.63) is 28.3 Å². The maximum atomic E-state index is 12.8. The summed E-state index contributed by atoms with van der Waals surface area (Å²) in [5.41, 5.74) is -1.04. The number of aromatic nitrogens is 4. The van der Waals surface area contributed by atoms with Gasteiger partial charge in [0.2, 0.25) is 5.91 Å². The summed E-state index contributed by atoms with van der Waals surface area (Å²) in [5, 5.41) is 9.25. The van der Waals surface area contributed by atoms with Gasteiger partial charge in [-0.05, 0) is 6.92 Å². The first-order valence-electron chi connectivity index (χ1n) is 7.26. The molecule has 1 N–H and O–H groups in total. The summed E-state index contributed by atoms with van der Waals surface area (Å²) < 4.78 is 45.3. The summed E-state index contributed by atoms with van der Waals surface area (Å²) >= 11 is 5.65. The second-order valence-electron chi connectivity index (χ2n) is 5.32. The van der Waals surface area contributed by atoms with E-state index in [4.69, 9.17) is 11.6 Å². The molecule has 2 aromatic heterocycles. The molecule has 2 rings (SSSR count). The number of rotatable bonds is 5. The fraction of sp³-hybridized carbons (Fsp3) is 0.429. The zero-order valence-electron chi connectivity index (χ0n) is 14.0. The number of anilines is 1. The maximum Gasteiger partial charge on any atom is 0.436 e. The summed E-state index contributed by atoms with van der Waals surface area (Å²) in [6.07, 6.45) is -3.46. The average Bonchev–Trinajstić information content (AvgIpc) is 3.05. The Balaban J connectivity index is 2.08. The zero-order valence-corrected chi connectivity index (χ0v) is 14.8. The monoisotopic (exact) mass is 393 g/mol. The number of esters is 1. The minimum Gasteiger partial charge on any atom is -0.464 e. The number of aryl methyl sites for hydroxylation is 2. The molecule has 26 heavy (non-hydrogen) atoms. The standard InChI is InChI=1S/C14H15ClF3N5O3/c1-7-10(15)12(14(16,17)18)21-23(7)5-4-9(24)19-8-6-22(2)20-11(8)13(25)26-3/h6H,4-5H2,1-3H3,(H,19,24). The third-order valence-electron chi connectivity index (χ3n) is 3.43. The Morgan fingerprint density at radius 3 is 2.54 bits per heavy atom. The highest BCUT2D eigenvalue weighted by Gasteiger charge is 2.38. The van der Waals surface area contributed by atoms with E-state index in [9.17, 15) is 22.8 Å². The van der Waals surface area contributed by atoms with Crippen LogP contribution in [0.5, 0.6) is 0 Å². The lowest BCUT2D eigenvalue weighted by atomic mass is 10.3. The van der Waals surface area contributed by atoms with Crippen molar-refractivity contribution in [3.63, 3.8) is 0 Å². The molecule has 0 atom stereocenters. The lowest BCUT2D eigenvalue weighted by Crippen LogP contribution is -2.17. The van der Waals surface area contributed by atoms with Gasteiger partial charge in [0.15, 0.2) is 11.4 Å². The second kappa shape index (κ2) is 7.36. The number of nitrogens with one attached hydrogen (secondary N) is 1. The molecule has 8 nitrogen and oxygen atoms in total. The number of alkyl halides is 3. The van der Waals surface area contributed by atoms with Gasteiger partial charge in [0.05, 0.1) is 30.1 Å². The van der Waals surface area contributed by atoms with Crippen molar-refractivity contribution in [2.24, 2.45) is 7.05 Å². The highest BCUT2D eigenvalue weighted by atomic mass is 35.5. The predicted octanol–water partition coefficient (Wildman–Crippen LogP) is 2.41. The van der Waals surface area contributed by atoms with Crippen LogP contribution >= 0.6 is 11.6 Å². The lowest BCUT2D eigenvalue weighted by molar-refractivity contribution is -0.141. The minimum atomic E-state index is -4.68. The largest absolute Gasteiger partial charge is 0.464 e. The van der Waals surface area contributed by atoms with Gasteiger partial charge >= 0.3 is 12.1 Å². The molecule has 12 heteroatoms. The Hall–Kier alpha value is -2.56. The Morgan fingerprint density at radius 2 is 2.00 bits per heavy atom. The normalized spacial score (nSPS) is 11.5. The van der Waals surface area contributed by atoms with Crippen LogP contribution in [0, 0.1) is 6.92 Å². The third-order valence-corrected chi connectivity index (χ3v) is 3.89.